The maximum absolute atomic E-state index is 13.0. The summed E-state index contributed by atoms with van der Waals surface area (Å²) in [6.45, 7) is 4.66. The fourth-order valence-corrected chi connectivity index (χ4v) is 3.88. The summed E-state index contributed by atoms with van der Waals surface area (Å²) in [6.07, 6.45) is 2.03. The van der Waals surface area contributed by atoms with E-state index in [0.717, 1.165) is 23.5 Å². The lowest BCUT2D eigenvalue weighted by atomic mass is 10.1. The third-order valence-electron chi connectivity index (χ3n) is 4.96. The van der Waals surface area contributed by atoms with Gasteiger partial charge in [0.05, 0.1) is 16.3 Å². The Morgan fingerprint density at radius 3 is 2.52 bits per heavy atom. The Morgan fingerprint density at radius 1 is 1.15 bits per heavy atom. The number of rotatable bonds is 5. The lowest BCUT2D eigenvalue weighted by Gasteiger charge is -2.35. The molecule has 2 amide bonds. The minimum Gasteiger partial charge on any atom is -0.486 e. The van der Waals surface area contributed by atoms with Crippen molar-refractivity contribution >= 4 is 23.2 Å². The molecule has 4 rings (SSSR count). The van der Waals surface area contributed by atoms with Gasteiger partial charge < -0.3 is 14.5 Å². The first-order chi connectivity index (χ1) is 13.1. The Labute approximate surface area is 162 Å². The van der Waals surface area contributed by atoms with Crippen molar-refractivity contribution in [2.75, 3.05) is 26.2 Å². The van der Waals surface area contributed by atoms with Crippen LogP contribution in [0.1, 0.15) is 33.9 Å². The molecule has 2 heterocycles. The second-order valence-electron chi connectivity index (χ2n) is 7.03. The summed E-state index contributed by atoms with van der Waals surface area (Å²) in [5, 5.41) is 2.96. The molecule has 7 heteroatoms. The van der Waals surface area contributed by atoms with E-state index >= 15 is 0 Å². The van der Waals surface area contributed by atoms with Gasteiger partial charge in [0.25, 0.3) is 5.91 Å². The summed E-state index contributed by atoms with van der Waals surface area (Å²) in [5.74, 6) is 1.02. The minimum absolute atomic E-state index is 0.0430. The van der Waals surface area contributed by atoms with Gasteiger partial charge in [0.2, 0.25) is 5.91 Å². The first kappa shape index (κ1) is 18.0. The molecule has 0 radical (unpaired) electrons. The number of aromatic nitrogens is 1. The summed E-state index contributed by atoms with van der Waals surface area (Å²) >= 11 is 1.58. The highest BCUT2D eigenvalue weighted by Crippen LogP contribution is 2.31. The Balaban J connectivity index is 1.39. The number of benzene rings is 1. The summed E-state index contributed by atoms with van der Waals surface area (Å²) in [7, 11) is 0. The van der Waals surface area contributed by atoms with E-state index in [1.54, 1.807) is 17.4 Å². The second-order valence-corrected chi connectivity index (χ2v) is 8.10. The van der Waals surface area contributed by atoms with Crippen LogP contribution >= 0.6 is 11.3 Å². The van der Waals surface area contributed by atoms with Crippen molar-refractivity contribution in [1.29, 1.82) is 0 Å². The second kappa shape index (κ2) is 7.68. The van der Waals surface area contributed by atoms with E-state index in [0.29, 0.717) is 44.1 Å². The molecule has 1 saturated carbocycles. The predicted octanol–water partition coefficient (Wildman–Crippen LogP) is 2.72. The van der Waals surface area contributed by atoms with E-state index in [9.17, 15) is 9.59 Å². The zero-order chi connectivity index (χ0) is 18.8. The van der Waals surface area contributed by atoms with Crippen molar-refractivity contribution < 1.29 is 14.3 Å². The van der Waals surface area contributed by atoms with Gasteiger partial charge in [-0.1, -0.05) is 12.1 Å². The van der Waals surface area contributed by atoms with Crippen LogP contribution in [-0.2, 0) is 11.4 Å². The number of carbonyl (C=O) groups excluding carboxylic acids is 2. The molecule has 0 unspecified atom stereocenters. The number of hydrogen-bond donors (Lipinski definition) is 0. The Morgan fingerprint density at radius 2 is 1.85 bits per heavy atom. The zero-order valence-electron chi connectivity index (χ0n) is 15.4. The Kier molecular flexibility index (Phi) is 5.11. The summed E-state index contributed by atoms with van der Waals surface area (Å²) in [5.41, 5.74) is 1.43. The van der Waals surface area contributed by atoms with Crippen molar-refractivity contribution in [3.8, 4) is 5.75 Å². The van der Waals surface area contributed by atoms with Crippen LogP contribution in [0.4, 0.5) is 0 Å². The Hall–Kier alpha value is -2.41. The molecule has 27 heavy (non-hydrogen) atoms. The quantitative estimate of drug-likeness (QED) is 0.794. The molecule has 0 atom stereocenters. The van der Waals surface area contributed by atoms with Crippen LogP contribution in [-0.4, -0.2) is 52.8 Å². The Bertz CT molecular complexity index is 839. The average molecular weight is 385 g/mol. The van der Waals surface area contributed by atoms with Gasteiger partial charge in [-0.3, -0.25) is 9.59 Å². The van der Waals surface area contributed by atoms with E-state index in [4.69, 9.17) is 4.74 Å². The number of ether oxygens (including phenoxy) is 1. The average Bonchev–Trinajstić information content (AvgIpc) is 3.47. The van der Waals surface area contributed by atoms with Crippen LogP contribution in [0.25, 0.3) is 0 Å². The lowest BCUT2D eigenvalue weighted by molar-refractivity contribution is -0.134. The topological polar surface area (TPSA) is 62.7 Å². The summed E-state index contributed by atoms with van der Waals surface area (Å²) in [4.78, 5) is 33.3. The van der Waals surface area contributed by atoms with Crippen molar-refractivity contribution in [2.45, 2.75) is 26.4 Å². The zero-order valence-corrected chi connectivity index (χ0v) is 16.2. The first-order valence-electron chi connectivity index (χ1n) is 9.32. The fraction of sp³-hybridized carbons (Fsp3) is 0.450. The van der Waals surface area contributed by atoms with Crippen LogP contribution < -0.4 is 4.74 Å². The van der Waals surface area contributed by atoms with Gasteiger partial charge in [-0.15, -0.1) is 11.3 Å². The number of carbonyl (C=O) groups is 2. The molecule has 0 spiro atoms. The van der Waals surface area contributed by atoms with E-state index < -0.39 is 0 Å². The highest BCUT2D eigenvalue weighted by Gasteiger charge is 2.35. The summed E-state index contributed by atoms with van der Waals surface area (Å²) < 4.78 is 5.88. The van der Waals surface area contributed by atoms with Gasteiger partial charge in [-0.2, -0.15) is 0 Å². The minimum atomic E-state index is -0.0430. The van der Waals surface area contributed by atoms with Crippen LogP contribution in [0.2, 0.25) is 0 Å². The van der Waals surface area contributed by atoms with Crippen LogP contribution in [0, 0.1) is 12.8 Å². The molecule has 1 aliphatic carbocycles. The summed E-state index contributed by atoms with van der Waals surface area (Å²) in [6, 6.07) is 7.33. The van der Waals surface area contributed by atoms with E-state index in [1.165, 1.54) is 0 Å². The van der Waals surface area contributed by atoms with Crippen molar-refractivity contribution in [1.82, 2.24) is 14.8 Å². The third kappa shape index (κ3) is 4.13. The molecule has 2 fully saturated rings. The number of piperazine rings is 1. The normalized spacial score (nSPS) is 17.1. The SMILES string of the molecule is Cc1nc(COc2ccccc2C(=O)N2CCN(C(=O)C3CC3)CC2)cs1. The van der Waals surface area contributed by atoms with Crippen molar-refractivity contribution in [3.05, 3.63) is 45.9 Å². The first-order valence-corrected chi connectivity index (χ1v) is 10.2. The number of nitrogens with zero attached hydrogens (tertiary/aromatic N) is 3. The van der Waals surface area contributed by atoms with Gasteiger partial charge in [-0.25, -0.2) is 4.98 Å². The number of hydrogen-bond acceptors (Lipinski definition) is 5. The van der Waals surface area contributed by atoms with E-state index in [2.05, 4.69) is 4.98 Å². The van der Waals surface area contributed by atoms with Crippen LogP contribution in [0.3, 0.4) is 0 Å². The molecule has 0 N–H and O–H groups in total. The van der Waals surface area contributed by atoms with Crippen molar-refractivity contribution in [3.63, 3.8) is 0 Å². The monoisotopic (exact) mass is 385 g/mol. The third-order valence-corrected chi connectivity index (χ3v) is 5.79. The maximum Gasteiger partial charge on any atom is 0.257 e. The molecule has 0 bridgehead atoms. The molecule has 1 aromatic heterocycles. The molecule has 2 aromatic rings. The molecule has 1 saturated heterocycles. The van der Waals surface area contributed by atoms with E-state index in [1.807, 2.05) is 40.3 Å². The molecule has 1 aromatic carbocycles. The van der Waals surface area contributed by atoms with Gasteiger partial charge in [0, 0.05) is 37.5 Å². The standard InChI is InChI=1S/C20H23N3O3S/c1-14-21-16(13-27-14)12-26-18-5-3-2-4-17(18)20(25)23-10-8-22(9-11-23)19(24)15-6-7-15/h2-5,13,15H,6-12H2,1H3. The van der Waals surface area contributed by atoms with E-state index in [-0.39, 0.29) is 17.7 Å². The lowest BCUT2D eigenvalue weighted by Crippen LogP contribution is -2.51. The molecule has 6 nitrogen and oxygen atoms in total. The van der Waals surface area contributed by atoms with Crippen LogP contribution in [0.15, 0.2) is 29.6 Å². The van der Waals surface area contributed by atoms with Crippen molar-refractivity contribution in [2.24, 2.45) is 5.92 Å². The maximum atomic E-state index is 13.0. The number of thiazole rings is 1. The van der Waals surface area contributed by atoms with Gasteiger partial charge in [0.1, 0.15) is 12.4 Å². The van der Waals surface area contributed by atoms with Gasteiger partial charge >= 0.3 is 0 Å². The smallest absolute Gasteiger partial charge is 0.257 e. The van der Waals surface area contributed by atoms with Crippen LogP contribution in [0.5, 0.6) is 5.75 Å². The number of aryl methyl sites for hydroxylation is 1. The van der Waals surface area contributed by atoms with Gasteiger partial charge in [0.15, 0.2) is 0 Å². The predicted molar refractivity (Wildman–Crippen MR) is 103 cm³/mol. The number of para-hydroxylation sites is 1. The fourth-order valence-electron chi connectivity index (χ4n) is 3.28. The van der Waals surface area contributed by atoms with Gasteiger partial charge in [-0.05, 0) is 31.9 Å². The highest BCUT2D eigenvalue weighted by molar-refractivity contribution is 7.09. The highest BCUT2D eigenvalue weighted by atomic mass is 32.1. The number of amides is 2. The molecule has 1 aliphatic heterocycles. The largest absolute Gasteiger partial charge is 0.486 e. The molecular weight excluding hydrogens is 362 g/mol. The molecule has 2 aliphatic rings. The molecular formula is C20H23N3O3S. The molecule has 142 valence electrons.